The van der Waals surface area contributed by atoms with Crippen molar-refractivity contribution in [2.45, 2.75) is 126 Å². The minimum Gasteiger partial charge on any atom is -0.370 e. The van der Waals surface area contributed by atoms with Gasteiger partial charge in [0.2, 0.25) is 41.4 Å². The lowest BCUT2D eigenvalue weighted by atomic mass is 9.91. The molecule has 6 heterocycles. The number of benzene rings is 3. The maximum atomic E-state index is 14.6. The highest BCUT2D eigenvalue weighted by Crippen LogP contribution is 2.59. The van der Waals surface area contributed by atoms with Crippen molar-refractivity contribution < 1.29 is 70.7 Å². The first-order valence-electron chi connectivity index (χ1n) is 27.4. The van der Waals surface area contributed by atoms with E-state index in [-0.39, 0.29) is 79.6 Å². The van der Waals surface area contributed by atoms with Crippen LogP contribution < -0.4 is 27.0 Å². The first-order chi connectivity index (χ1) is 39.4. The minimum absolute atomic E-state index is 0.0148. The lowest BCUT2D eigenvalue weighted by Crippen LogP contribution is -2.61. The smallest absolute Gasteiger partial charge is 0.370 e. The molecule has 0 saturated carbocycles. The number of hydrogen-bond acceptors (Lipinski definition) is 12. The summed E-state index contributed by atoms with van der Waals surface area (Å²) in [5, 5.41) is 10.7. The molecule has 0 radical (unpaired) electrons. The average Bonchev–Trinajstić information content (AvgIpc) is 4.31. The Morgan fingerprint density at radius 2 is 1.66 bits per heavy atom. The minimum atomic E-state index is -5.88. The van der Waals surface area contributed by atoms with Gasteiger partial charge >= 0.3 is 13.3 Å². The van der Waals surface area contributed by atoms with Gasteiger partial charge < -0.3 is 51.1 Å². The standard InChI is InChI=1S/C57H63F3N9O12PS/c1-66-24-23-38-14-16-45(69(38)56(78)43(31-66)64-53(75)47-29-35-28-36(11-18-46(35)83-47)57(59,60)82(79,80)81)52(74)62-41(15-19-48(61)70)50(72)63-42(27-33-9-12-37(58)13-10-33)55(77)67-25-21-32(22-26-67)5-2-3-6-34-7-4-8-39-40(34)30-68(54(39)76)44-17-20-49(71)65-51(44)73/h4,7-13,18,28-29,32,38,41-45H,2,5,14-17,19-27,30-31H2,1H3,(H2,61,70)(H,62,74)(H,63,72)(H,64,75)(H,65,71,73)(H2,79,80,81)/t38-,41?,42?,43+,44?,45+/m1/s1. The number of imide groups is 1. The van der Waals surface area contributed by atoms with E-state index >= 15 is 0 Å². The van der Waals surface area contributed by atoms with Gasteiger partial charge in [-0.15, -0.1) is 11.3 Å². The van der Waals surface area contributed by atoms with Crippen LogP contribution in [0.1, 0.15) is 113 Å². The number of likely N-dealkylation sites (N-methyl/N-ethyl adjacent to an activating group) is 1. The second kappa shape index (κ2) is 25.2. The summed E-state index contributed by atoms with van der Waals surface area (Å²) in [5.41, 5.74) is 2.50. The van der Waals surface area contributed by atoms with Crippen molar-refractivity contribution in [1.82, 2.24) is 40.9 Å². The molecule has 83 heavy (non-hydrogen) atoms. The molecule has 3 unspecified atom stereocenters. The fraction of sp³-hybridized carbons (Fsp3) is 0.456. The highest BCUT2D eigenvalue weighted by molar-refractivity contribution is 7.52. The summed E-state index contributed by atoms with van der Waals surface area (Å²) in [7, 11) is -4.12. The quantitative estimate of drug-likeness (QED) is 0.0454. The van der Waals surface area contributed by atoms with Crippen molar-refractivity contribution in [3.05, 3.63) is 105 Å². The van der Waals surface area contributed by atoms with E-state index < -0.39 is 102 Å². The molecule has 1 aromatic heterocycles. The van der Waals surface area contributed by atoms with Crippen molar-refractivity contribution in [2.24, 2.45) is 11.7 Å². The van der Waals surface area contributed by atoms with Crippen molar-refractivity contribution in [1.29, 1.82) is 0 Å². The molecule has 21 nitrogen and oxygen atoms in total. The number of nitrogens with two attached hydrogens (primary N) is 1. The molecule has 26 heteroatoms. The monoisotopic (exact) mass is 1190 g/mol. The van der Waals surface area contributed by atoms with Crippen LogP contribution in [0.25, 0.3) is 10.1 Å². The number of nitrogens with zero attached hydrogens (tertiary/aromatic N) is 4. The van der Waals surface area contributed by atoms with E-state index in [1.807, 2.05) is 11.0 Å². The zero-order chi connectivity index (χ0) is 59.5. The molecule has 5 aliphatic heterocycles. The summed E-state index contributed by atoms with van der Waals surface area (Å²) in [6.45, 7) is 1.37. The Bertz CT molecular complexity index is 3360. The molecule has 4 fully saturated rings. The predicted molar refractivity (Wildman–Crippen MR) is 295 cm³/mol. The van der Waals surface area contributed by atoms with E-state index in [4.69, 9.17) is 5.73 Å². The number of piperidine rings is 2. The molecule has 3 aromatic carbocycles. The molecule has 8 N–H and O–H groups in total. The van der Waals surface area contributed by atoms with Crippen molar-refractivity contribution >= 4 is 82.2 Å². The summed E-state index contributed by atoms with van der Waals surface area (Å²) in [4.78, 5) is 146. The second-order valence-corrected chi connectivity index (χ2v) is 24.6. The van der Waals surface area contributed by atoms with Gasteiger partial charge in [-0.1, -0.05) is 36.1 Å². The molecule has 0 bridgehead atoms. The Morgan fingerprint density at radius 1 is 0.916 bits per heavy atom. The Hall–Kier alpha value is -7.49. The Labute approximate surface area is 479 Å². The van der Waals surface area contributed by atoms with Gasteiger partial charge in [0.1, 0.15) is 36.0 Å². The molecule has 440 valence electrons. The van der Waals surface area contributed by atoms with Crippen molar-refractivity contribution in [3.63, 3.8) is 0 Å². The summed E-state index contributed by atoms with van der Waals surface area (Å²) < 4.78 is 55.1. The zero-order valence-electron chi connectivity index (χ0n) is 45.2. The third-order valence-corrected chi connectivity index (χ3v) is 18.2. The van der Waals surface area contributed by atoms with Crippen LogP contribution in [0.15, 0.2) is 66.7 Å². The number of rotatable bonds is 17. The number of carbonyl (C=O) groups is 9. The van der Waals surface area contributed by atoms with E-state index in [0.29, 0.717) is 79.5 Å². The highest BCUT2D eigenvalue weighted by Gasteiger charge is 2.51. The third-order valence-electron chi connectivity index (χ3n) is 16.1. The van der Waals surface area contributed by atoms with Gasteiger partial charge in [0.15, 0.2) is 0 Å². The average molecular weight is 1190 g/mol. The molecule has 4 saturated heterocycles. The van der Waals surface area contributed by atoms with Crippen LogP contribution in [0.3, 0.4) is 0 Å². The summed E-state index contributed by atoms with van der Waals surface area (Å²) in [6, 6.07) is 8.73. The second-order valence-electron chi connectivity index (χ2n) is 21.8. The van der Waals surface area contributed by atoms with Crippen LogP contribution in [-0.2, 0) is 56.8 Å². The first kappa shape index (κ1) is 60.1. The highest BCUT2D eigenvalue weighted by atomic mass is 32.1. The van der Waals surface area contributed by atoms with Gasteiger partial charge in [-0.2, -0.15) is 8.78 Å². The maximum absolute atomic E-state index is 14.6. The number of nitrogens with one attached hydrogen (secondary N) is 4. The number of hydrogen-bond donors (Lipinski definition) is 7. The Kier molecular flexibility index (Phi) is 18.2. The number of alkyl halides is 2. The van der Waals surface area contributed by atoms with Crippen LogP contribution in [0.4, 0.5) is 13.2 Å². The number of likely N-dealkylation sites (tertiary alicyclic amines) is 1. The molecule has 6 atom stereocenters. The van der Waals surface area contributed by atoms with Crippen molar-refractivity contribution in [3.8, 4) is 11.8 Å². The third kappa shape index (κ3) is 13.6. The number of amides is 9. The number of halogens is 3. The Balaban J connectivity index is 0.841. The largest absolute Gasteiger partial charge is 0.399 e. The van der Waals surface area contributed by atoms with Crippen LogP contribution in [0, 0.1) is 23.6 Å². The van der Waals surface area contributed by atoms with E-state index in [1.165, 1.54) is 46.2 Å². The predicted octanol–water partition coefficient (Wildman–Crippen LogP) is 3.37. The van der Waals surface area contributed by atoms with Gasteiger partial charge in [-0.25, -0.2) is 4.39 Å². The van der Waals surface area contributed by atoms with Crippen LogP contribution >= 0.6 is 18.9 Å². The van der Waals surface area contributed by atoms with E-state index in [0.717, 1.165) is 29.0 Å². The fourth-order valence-corrected chi connectivity index (χ4v) is 13.0. The molecule has 9 amide bonds. The van der Waals surface area contributed by atoms with E-state index in [9.17, 15) is 70.7 Å². The van der Waals surface area contributed by atoms with Crippen molar-refractivity contribution in [2.75, 3.05) is 33.2 Å². The summed E-state index contributed by atoms with van der Waals surface area (Å²) in [6.07, 6.45) is 3.22. The van der Waals surface area contributed by atoms with Gasteiger partial charge in [0.25, 0.3) is 11.8 Å². The van der Waals surface area contributed by atoms with Gasteiger partial charge in [0.05, 0.1) is 4.88 Å². The van der Waals surface area contributed by atoms with E-state index in [1.54, 1.807) is 24.1 Å². The zero-order valence-corrected chi connectivity index (χ0v) is 47.0. The molecule has 0 aliphatic carbocycles. The molecule has 9 rings (SSSR count). The summed E-state index contributed by atoms with van der Waals surface area (Å²) in [5.74, 6) is 0.871. The fourth-order valence-electron chi connectivity index (χ4n) is 11.6. The number of fused-ring (bicyclic) bond motifs is 3. The van der Waals surface area contributed by atoms with Crippen LogP contribution in [0.2, 0.25) is 0 Å². The molecular formula is C57H63F3N9O12PS. The molecule has 4 aromatic rings. The SMILES string of the molecule is CN1CC[C@H]2CC[C@@H](C(=O)NC(CCC(N)=O)C(=O)NC(Cc3ccc(F)cc3)C(=O)N3CCC(CCC#Cc4cccc5c4CN(C4CCC(=O)NC4=O)C5=O)CC3)N2C(=O)[C@@H](NC(=O)c2cc3cc(C(F)(F)P(=O)(O)O)ccc3s2)C1. The maximum Gasteiger partial charge on any atom is 0.399 e. The normalized spacial score (nSPS) is 21.4. The van der Waals surface area contributed by atoms with Gasteiger partial charge in [-0.3, -0.25) is 53.0 Å². The summed E-state index contributed by atoms with van der Waals surface area (Å²) >= 11 is 0.908. The van der Waals surface area contributed by atoms with Crippen LogP contribution in [0.5, 0.6) is 0 Å². The lowest BCUT2D eigenvalue weighted by molar-refractivity contribution is -0.144. The van der Waals surface area contributed by atoms with Crippen LogP contribution in [-0.4, -0.2) is 152 Å². The number of thiophene rings is 1. The number of primary amides is 1. The topological polar surface area (TPSA) is 298 Å². The molecule has 0 spiro atoms. The molecular weight excluding hydrogens is 1120 g/mol. The lowest BCUT2D eigenvalue weighted by Gasteiger charge is -2.38. The van der Waals surface area contributed by atoms with E-state index in [2.05, 4.69) is 33.1 Å². The molecule has 5 aliphatic rings. The number of carbonyl (C=O) groups excluding carboxylic acids is 9. The first-order valence-corrected chi connectivity index (χ1v) is 29.9. The Morgan fingerprint density at radius 3 is 2.37 bits per heavy atom. The van der Waals surface area contributed by atoms with Gasteiger partial charge in [-0.05, 0) is 130 Å². The van der Waals surface area contributed by atoms with Gasteiger partial charge in [0, 0.05) is 79.3 Å².